The van der Waals surface area contributed by atoms with E-state index in [-0.39, 0.29) is 23.6 Å². The number of hydrogen-bond acceptors (Lipinski definition) is 4. The van der Waals surface area contributed by atoms with E-state index < -0.39 is 24.3 Å². The van der Waals surface area contributed by atoms with Gasteiger partial charge in [-0.25, -0.2) is 4.39 Å². The topological polar surface area (TPSA) is 64.6 Å². The van der Waals surface area contributed by atoms with E-state index >= 15 is 0 Å². The van der Waals surface area contributed by atoms with Crippen molar-refractivity contribution in [2.24, 2.45) is 0 Å². The summed E-state index contributed by atoms with van der Waals surface area (Å²) in [5.74, 6) is -1.11. The van der Waals surface area contributed by atoms with Gasteiger partial charge in [-0.05, 0) is 29.8 Å². The average Bonchev–Trinajstić information content (AvgIpc) is 2.61. The van der Waals surface area contributed by atoms with Crippen molar-refractivity contribution in [2.45, 2.75) is 13.0 Å². The first-order chi connectivity index (χ1) is 12.0. The van der Waals surface area contributed by atoms with Gasteiger partial charge in [0.2, 0.25) is 0 Å². The van der Waals surface area contributed by atoms with Crippen molar-refractivity contribution in [3.05, 3.63) is 64.4 Å². The summed E-state index contributed by atoms with van der Waals surface area (Å²) in [6.45, 7) is -0.179. The van der Waals surface area contributed by atoms with Crippen molar-refractivity contribution in [1.82, 2.24) is 5.32 Å². The first kappa shape index (κ1) is 18.7. The average molecular weight is 366 g/mol. The lowest BCUT2D eigenvalue weighted by atomic mass is 10.1. The molecular formula is C18H17ClFNO4. The zero-order chi connectivity index (χ0) is 18.2. The largest absolute Gasteiger partial charge is 0.497 e. The minimum atomic E-state index is -0.733. The fourth-order valence-electron chi connectivity index (χ4n) is 2.08. The van der Waals surface area contributed by atoms with E-state index in [0.29, 0.717) is 5.75 Å². The standard InChI is InChI=1S/C18H17ClFNO4/c1-24-13-5-2-4-12(8-13)10-21-17(22)11-25-18(23)9-14-15(19)6-3-7-16(14)20/h2-8H,9-11H2,1H3,(H,21,22). The summed E-state index contributed by atoms with van der Waals surface area (Å²) in [5, 5.41) is 2.76. The van der Waals surface area contributed by atoms with E-state index in [1.54, 1.807) is 25.3 Å². The molecule has 0 saturated heterocycles. The number of halogens is 2. The van der Waals surface area contributed by atoms with Gasteiger partial charge in [-0.1, -0.05) is 29.8 Å². The fraction of sp³-hybridized carbons (Fsp3) is 0.222. The highest BCUT2D eigenvalue weighted by atomic mass is 35.5. The summed E-state index contributed by atoms with van der Waals surface area (Å²) in [6.07, 6.45) is -0.339. The molecule has 0 fully saturated rings. The number of nitrogens with one attached hydrogen (secondary N) is 1. The van der Waals surface area contributed by atoms with Gasteiger partial charge in [0, 0.05) is 17.1 Å². The number of esters is 1. The zero-order valence-corrected chi connectivity index (χ0v) is 14.3. The molecule has 0 aliphatic heterocycles. The number of amides is 1. The summed E-state index contributed by atoms with van der Waals surface area (Å²) in [7, 11) is 1.55. The third kappa shape index (κ3) is 5.76. The molecule has 2 aromatic rings. The van der Waals surface area contributed by atoms with Gasteiger partial charge < -0.3 is 14.8 Å². The Morgan fingerprint density at radius 2 is 1.96 bits per heavy atom. The molecule has 0 saturated carbocycles. The van der Waals surface area contributed by atoms with Crippen LogP contribution in [-0.4, -0.2) is 25.6 Å². The normalized spacial score (nSPS) is 10.2. The van der Waals surface area contributed by atoms with Crippen LogP contribution in [0.1, 0.15) is 11.1 Å². The predicted molar refractivity (Wildman–Crippen MR) is 90.9 cm³/mol. The Balaban J connectivity index is 1.78. The van der Waals surface area contributed by atoms with Gasteiger partial charge in [-0.3, -0.25) is 9.59 Å². The molecule has 0 aliphatic rings. The highest BCUT2D eigenvalue weighted by Gasteiger charge is 2.14. The second-order valence-electron chi connectivity index (χ2n) is 5.17. The van der Waals surface area contributed by atoms with Gasteiger partial charge in [0.05, 0.1) is 13.5 Å². The molecule has 1 amide bonds. The number of carbonyl (C=O) groups excluding carboxylic acids is 2. The van der Waals surface area contributed by atoms with Crippen molar-refractivity contribution in [1.29, 1.82) is 0 Å². The van der Waals surface area contributed by atoms with Gasteiger partial charge in [0.1, 0.15) is 11.6 Å². The lowest BCUT2D eigenvalue weighted by molar-refractivity contribution is -0.147. The van der Waals surface area contributed by atoms with Crippen LogP contribution < -0.4 is 10.1 Å². The molecule has 132 valence electrons. The molecule has 5 nitrogen and oxygen atoms in total. The molecule has 0 aromatic heterocycles. The Labute approximate surface area is 149 Å². The molecule has 1 N–H and O–H groups in total. The van der Waals surface area contributed by atoms with Crippen LogP contribution in [0.4, 0.5) is 4.39 Å². The van der Waals surface area contributed by atoms with Crippen LogP contribution in [0.3, 0.4) is 0 Å². The number of hydrogen-bond donors (Lipinski definition) is 1. The SMILES string of the molecule is COc1cccc(CNC(=O)COC(=O)Cc2c(F)cccc2Cl)c1. The number of rotatable bonds is 7. The summed E-state index contributed by atoms with van der Waals surface area (Å²) >= 11 is 5.84. The molecular weight excluding hydrogens is 349 g/mol. The smallest absolute Gasteiger partial charge is 0.310 e. The maximum absolute atomic E-state index is 13.6. The molecule has 7 heteroatoms. The third-order valence-corrected chi connectivity index (χ3v) is 3.72. The van der Waals surface area contributed by atoms with Crippen LogP contribution in [0.15, 0.2) is 42.5 Å². The number of ether oxygens (including phenoxy) is 2. The maximum atomic E-state index is 13.6. The highest BCUT2D eigenvalue weighted by molar-refractivity contribution is 6.31. The van der Waals surface area contributed by atoms with E-state index in [1.807, 2.05) is 6.07 Å². The molecule has 0 atom stereocenters. The van der Waals surface area contributed by atoms with Crippen molar-refractivity contribution >= 4 is 23.5 Å². The summed E-state index contributed by atoms with van der Waals surface area (Å²) in [4.78, 5) is 23.5. The number of methoxy groups -OCH3 is 1. The van der Waals surface area contributed by atoms with Gasteiger partial charge in [0.25, 0.3) is 5.91 Å². The molecule has 25 heavy (non-hydrogen) atoms. The molecule has 0 heterocycles. The number of carbonyl (C=O) groups is 2. The molecule has 2 rings (SSSR count). The lowest BCUT2D eigenvalue weighted by Crippen LogP contribution is -2.28. The Hall–Kier alpha value is -2.60. The van der Waals surface area contributed by atoms with E-state index in [1.165, 1.54) is 18.2 Å². The maximum Gasteiger partial charge on any atom is 0.310 e. The Bertz CT molecular complexity index is 746. The van der Waals surface area contributed by atoms with Crippen LogP contribution in [0.25, 0.3) is 0 Å². The Kier molecular flexibility index (Phi) is 6.77. The first-order valence-corrected chi connectivity index (χ1v) is 7.85. The third-order valence-electron chi connectivity index (χ3n) is 3.37. The van der Waals surface area contributed by atoms with Crippen LogP contribution in [0.5, 0.6) is 5.75 Å². The summed E-state index contributed by atoms with van der Waals surface area (Å²) in [5.41, 5.74) is 0.892. The van der Waals surface area contributed by atoms with Crippen molar-refractivity contribution < 1.29 is 23.5 Å². The number of benzene rings is 2. The summed E-state index contributed by atoms with van der Waals surface area (Å²) in [6, 6.07) is 11.3. The molecule has 0 radical (unpaired) electrons. The van der Waals surface area contributed by atoms with E-state index in [9.17, 15) is 14.0 Å². The Morgan fingerprint density at radius 3 is 2.68 bits per heavy atom. The van der Waals surface area contributed by atoms with Crippen LogP contribution >= 0.6 is 11.6 Å². The van der Waals surface area contributed by atoms with Crippen LogP contribution in [0, 0.1) is 5.82 Å². The van der Waals surface area contributed by atoms with Gasteiger partial charge in [-0.15, -0.1) is 0 Å². The Morgan fingerprint density at radius 1 is 1.20 bits per heavy atom. The van der Waals surface area contributed by atoms with Crippen molar-refractivity contribution in [3.8, 4) is 5.75 Å². The molecule has 0 spiro atoms. The van der Waals surface area contributed by atoms with E-state index in [0.717, 1.165) is 5.56 Å². The second kappa shape index (κ2) is 9.03. The quantitative estimate of drug-likeness (QED) is 0.766. The van der Waals surface area contributed by atoms with Crippen molar-refractivity contribution in [3.63, 3.8) is 0 Å². The molecule has 2 aromatic carbocycles. The molecule has 0 unspecified atom stereocenters. The van der Waals surface area contributed by atoms with Crippen LogP contribution in [-0.2, 0) is 27.3 Å². The van der Waals surface area contributed by atoms with Crippen LogP contribution in [0.2, 0.25) is 5.02 Å². The second-order valence-corrected chi connectivity index (χ2v) is 5.57. The van der Waals surface area contributed by atoms with E-state index in [2.05, 4.69) is 5.32 Å². The summed E-state index contributed by atoms with van der Waals surface area (Å²) < 4.78 is 23.5. The predicted octanol–water partition coefficient (Wildman–Crippen LogP) is 2.89. The van der Waals surface area contributed by atoms with Gasteiger partial charge in [0.15, 0.2) is 6.61 Å². The molecule has 0 aliphatic carbocycles. The minimum absolute atomic E-state index is 0.0472. The lowest BCUT2D eigenvalue weighted by Gasteiger charge is -2.09. The fourth-order valence-corrected chi connectivity index (χ4v) is 2.31. The monoisotopic (exact) mass is 365 g/mol. The zero-order valence-electron chi connectivity index (χ0n) is 13.6. The highest BCUT2D eigenvalue weighted by Crippen LogP contribution is 2.19. The minimum Gasteiger partial charge on any atom is -0.497 e. The van der Waals surface area contributed by atoms with Gasteiger partial charge in [-0.2, -0.15) is 0 Å². The van der Waals surface area contributed by atoms with Gasteiger partial charge >= 0.3 is 5.97 Å². The van der Waals surface area contributed by atoms with Crippen molar-refractivity contribution in [2.75, 3.05) is 13.7 Å². The van der Waals surface area contributed by atoms with E-state index in [4.69, 9.17) is 21.1 Å². The first-order valence-electron chi connectivity index (χ1n) is 7.47. The molecule has 0 bridgehead atoms.